The first kappa shape index (κ1) is 12.0. The number of halogens is 3. The van der Waals surface area contributed by atoms with E-state index in [1.54, 1.807) is 0 Å². The largest absolute Gasteiger partial charge is 0.396 e. The van der Waals surface area contributed by atoms with E-state index in [4.69, 9.17) is 10.8 Å². The van der Waals surface area contributed by atoms with Gasteiger partial charge >= 0.3 is 0 Å². The highest BCUT2D eigenvalue weighted by Gasteiger charge is 2.16. The first-order valence-electron chi connectivity index (χ1n) is 4.50. The van der Waals surface area contributed by atoms with E-state index in [0.29, 0.717) is 0 Å². The molecule has 5 heteroatoms. The van der Waals surface area contributed by atoms with Crippen molar-refractivity contribution in [3.05, 3.63) is 34.9 Å². The van der Waals surface area contributed by atoms with E-state index in [1.165, 1.54) is 6.07 Å². The molecule has 1 aromatic carbocycles. The summed E-state index contributed by atoms with van der Waals surface area (Å²) in [5, 5.41) is 8.61. The molecule has 0 spiro atoms. The van der Waals surface area contributed by atoms with Gasteiger partial charge in [0.2, 0.25) is 0 Å². The standard InChI is InChI=1S/C10H12F3NO/c11-5-6-3-7(9(14)1-2-15)10(13)8(12)4-6/h3-4,9,15H,1-2,5,14H2. The van der Waals surface area contributed by atoms with Gasteiger partial charge in [-0.2, -0.15) is 0 Å². The van der Waals surface area contributed by atoms with Crippen LogP contribution in [0, 0.1) is 11.6 Å². The third-order valence-electron chi connectivity index (χ3n) is 2.11. The topological polar surface area (TPSA) is 46.2 Å². The Hall–Kier alpha value is -1.07. The number of aliphatic hydroxyl groups is 1. The molecule has 1 aromatic rings. The molecule has 0 bridgehead atoms. The van der Waals surface area contributed by atoms with Crippen molar-refractivity contribution in [3.8, 4) is 0 Å². The summed E-state index contributed by atoms with van der Waals surface area (Å²) < 4.78 is 38.5. The van der Waals surface area contributed by atoms with Crippen LogP contribution in [-0.4, -0.2) is 11.7 Å². The van der Waals surface area contributed by atoms with Crippen LogP contribution in [0.3, 0.4) is 0 Å². The van der Waals surface area contributed by atoms with Gasteiger partial charge in [-0.1, -0.05) is 0 Å². The molecule has 1 unspecified atom stereocenters. The zero-order valence-corrected chi connectivity index (χ0v) is 8.01. The van der Waals surface area contributed by atoms with Gasteiger partial charge in [0.25, 0.3) is 0 Å². The van der Waals surface area contributed by atoms with Crippen LogP contribution in [0.1, 0.15) is 23.6 Å². The van der Waals surface area contributed by atoms with Crippen LogP contribution < -0.4 is 5.73 Å². The fraction of sp³-hybridized carbons (Fsp3) is 0.400. The Morgan fingerprint density at radius 2 is 2.00 bits per heavy atom. The van der Waals surface area contributed by atoms with Crippen LogP contribution >= 0.6 is 0 Å². The lowest BCUT2D eigenvalue weighted by Crippen LogP contribution is -2.15. The number of hydrogen-bond donors (Lipinski definition) is 2. The predicted octanol–water partition coefficient (Wildman–Crippen LogP) is 1.82. The van der Waals surface area contributed by atoms with Gasteiger partial charge in [0.15, 0.2) is 11.6 Å². The number of rotatable bonds is 4. The minimum absolute atomic E-state index is 0.0392. The highest BCUT2D eigenvalue weighted by molar-refractivity contribution is 5.28. The molecule has 2 nitrogen and oxygen atoms in total. The second kappa shape index (κ2) is 5.14. The molecule has 0 fully saturated rings. The van der Waals surface area contributed by atoms with Crippen LogP contribution in [0.5, 0.6) is 0 Å². The average molecular weight is 219 g/mol. The maximum absolute atomic E-state index is 13.2. The predicted molar refractivity (Wildman–Crippen MR) is 49.8 cm³/mol. The highest BCUT2D eigenvalue weighted by Crippen LogP contribution is 2.22. The second-order valence-corrected chi connectivity index (χ2v) is 3.23. The summed E-state index contributed by atoms with van der Waals surface area (Å²) in [7, 11) is 0. The van der Waals surface area contributed by atoms with Gasteiger partial charge in [-0.05, 0) is 24.1 Å². The number of nitrogens with two attached hydrogens (primary N) is 1. The summed E-state index contributed by atoms with van der Waals surface area (Å²) in [5.41, 5.74) is 5.45. The fourth-order valence-electron chi connectivity index (χ4n) is 1.31. The van der Waals surface area contributed by atoms with Crippen LogP contribution in [0.2, 0.25) is 0 Å². The fourth-order valence-corrected chi connectivity index (χ4v) is 1.31. The van der Waals surface area contributed by atoms with Crippen LogP contribution in [0.4, 0.5) is 13.2 Å². The molecular formula is C10H12F3NO. The molecule has 0 aliphatic carbocycles. The molecule has 3 N–H and O–H groups in total. The Bertz CT molecular complexity index is 344. The molecule has 0 radical (unpaired) electrons. The monoisotopic (exact) mass is 219 g/mol. The van der Waals surface area contributed by atoms with Crippen LogP contribution in [-0.2, 0) is 6.67 Å². The third kappa shape index (κ3) is 2.70. The van der Waals surface area contributed by atoms with E-state index in [2.05, 4.69) is 0 Å². The number of alkyl halides is 1. The molecule has 0 aliphatic rings. The average Bonchev–Trinajstić information content (AvgIpc) is 2.22. The lowest BCUT2D eigenvalue weighted by atomic mass is 10.0. The van der Waals surface area contributed by atoms with E-state index in [1.807, 2.05) is 0 Å². The van der Waals surface area contributed by atoms with Crippen molar-refractivity contribution in [3.63, 3.8) is 0 Å². The van der Waals surface area contributed by atoms with Crippen molar-refractivity contribution in [2.45, 2.75) is 19.1 Å². The highest BCUT2D eigenvalue weighted by atomic mass is 19.2. The van der Waals surface area contributed by atoms with E-state index >= 15 is 0 Å². The molecule has 1 atom stereocenters. The Labute approximate surface area is 85.5 Å². The van der Waals surface area contributed by atoms with Crippen LogP contribution in [0.25, 0.3) is 0 Å². The quantitative estimate of drug-likeness (QED) is 0.811. The number of hydrogen-bond acceptors (Lipinski definition) is 2. The summed E-state index contributed by atoms with van der Waals surface area (Å²) in [5.74, 6) is -2.19. The Balaban J connectivity index is 3.09. The van der Waals surface area contributed by atoms with Crippen molar-refractivity contribution in [2.75, 3.05) is 6.61 Å². The van der Waals surface area contributed by atoms with Crippen LogP contribution in [0.15, 0.2) is 12.1 Å². The van der Waals surface area contributed by atoms with E-state index in [0.717, 1.165) is 6.07 Å². The molecule has 0 amide bonds. The van der Waals surface area contributed by atoms with Gasteiger partial charge < -0.3 is 10.8 Å². The van der Waals surface area contributed by atoms with Crippen molar-refractivity contribution in [1.29, 1.82) is 0 Å². The molecule has 84 valence electrons. The Kier molecular flexibility index (Phi) is 4.11. The summed E-state index contributed by atoms with van der Waals surface area (Å²) in [6.07, 6.45) is 0.103. The maximum atomic E-state index is 13.2. The van der Waals surface area contributed by atoms with E-state index < -0.39 is 24.4 Å². The van der Waals surface area contributed by atoms with Gasteiger partial charge in [-0.15, -0.1) is 0 Å². The zero-order valence-electron chi connectivity index (χ0n) is 8.01. The first-order chi connectivity index (χ1) is 7.10. The molecule has 0 heterocycles. The van der Waals surface area contributed by atoms with Gasteiger partial charge in [0.1, 0.15) is 6.67 Å². The van der Waals surface area contributed by atoms with Crippen molar-refractivity contribution in [2.24, 2.45) is 5.73 Å². The molecule has 0 aliphatic heterocycles. The molecular weight excluding hydrogens is 207 g/mol. The van der Waals surface area contributed by atoms with Gasteiger partial charge in [-0.3, -0.25) is 0 Å². The number of aliphatic hydroxyl groups excluding tert-OH is 1. The lowest BCUT2D eigenvalue weighted by molar-refractivity contribution is 0.275. The molecule has 15 heavy (non-hydrogen) atoms. The molecule has 1 rings (SSSR count). The maximum Gasteiger partial charge on any atom is 0.163 e. The summed E-state index contributed by atoms with van der Waals surface area (Å²) in [4.78, 5) is 0. The Morgan fingerprint density at radius 3 is 2.53 bits per heavy atom. The van der Waals surface area contributed by atoms with Crippen molar-refractivity contribution in [1.82, 2.24) is 0 Å². The van der Waals surface area contributed by atoms with Gasteiger partial charge in [-0.25, -0.2) is 13.2 Å². The number of benzene rings is 1. The third-order valence-corrected chi connectivity index (χ3v) is 2.11. The second-order valence-electron chi connectivity index (χ2n) is 3.23. The summed E-state index contributed by atoms with van der Waals surface area (Å²) in [6, 6.07) is 1.15. The molecule has 0 saturated heterocycles. The Morgan fingerprint density at radius 1 is 1.33 bits per heavy atom. The van der Waals surface area contributed by atoms with Crippen molar-refractivity contribution < 1.29 is 18.3 Å². The minimum Gasteiger partial charge on any atom is -0.396 e. The van der Waals surface area contributed by atoms with Gasteiger partial charge in [0.05, 0.1) is 0 Å². The van der Waals surface area contributed by atoms with Crippen molar-refractivity contribution >= 4 is 0 Å². The van der Waals surface area contributed by atoms with E-state index in [-0.39, 0.29) is 24.2 Å². The zero-order chi connectivity index (χ0) is 11.4. The van der Waals surface area contributed by atoms with Gasteiger partial charge in [0, 0.05) is 18.2 Å². The minimum atomic E-state index is -1.12. The van der Waals surface area contributed by atoms with E-state index in [9.17, 15) is 13.2 Å². The molecule has 0 aromatic heterocycles. The SMILES string of the molecule is NC(CCO)c1cc(CF)cc(F)c1F. The summed E-state index contributed by atoms with van der Waals surface area (Å²) in [6.45, 7) is -1.11. The molecule has 0 saturated carbocycles. The summed E-state index contributed by atoms with van der Waals surface area (Å²) >= 11 is 0. The first-order valence-corrected chi connectivity index (χ1v) is 4.50. The smallest absolute Gasteiger partial charge is 0.163 e. The normalized spacial score (nSPS) is 12.9. The lowest BCUT2D eigenvalue weighted by Gasteiger charge is -2.12.